The van der Waals surface area contributed by atoms with Gasteiger partial charge in [0.2, 0.25) is 5.89 Å². The number of anilines is 1. The third-order valence-electron chi connectivity index (χ3n) is 4.12. The molecule has 1 heterocycles. The average molecular weight is 381 g/mol. The van der Waals surface area contributed by atoms with E-state index in [-0.39, 0.29) is 5.56 Å². The first-order valence-corrected chi connectivity index (χ1v) is 8.62. The van der Waals surface area contributed by atoms with Gasteiger partial charge in [0.1, 0.15) is 11.3 Å². The lowest BCUT2D eigenvalue weighted by molar-refractivity contribution is 0.102. The summed E-state index contributed by atoms with van der Waals surface area (Å²) in [5.41, 5.74) is 3.40. The molecule has 3 aromatic carbocycles. The highest BCUT2D eigenvalue weighted by molar-refractivity contribution is 6.33. The van der Waals surface area contributed by atoms with Crippen LogP contribution in [0.1, 0.15) is 15.9 Å². The van der Waals surface area contributed by atoms with E-state index in [1.165, 1.54) is 18.2 Å². The molecule has 0 aliphatic heterocycles. The number of oxazole rings is 1. The molecule has 0 fully saturated rings. The maximum absolute atomic E-state index is 13.8. The van der Waals surface area contributed by atoms with E-state index in [4.69, 9.17) is 16.0 Å². The highest BCUT2D eigenvalue weighted by Gasteiger charge is 2.15. The number of amides is 1. The van der Waals surface area contributed by atoms with Crippen LogP contribution in [0, 0.1) is 12.7 Å². The van der Waals surface area contributed by atoms with E-state index in [1.54, 1.807) is 24.3 Å². The third kappa shape index (κ3) is 3.41. The van der Waals surface area contributed by atoms with E-state index >= 15 is 0 Å². The minimum Gasteiger partial charge on any atom is -0.436 e. The molecule has 27 heavy (non-hydrogen) atoms. The summed E-state index contributed by atoms with van der Waals surface area (Å²) < 4.78 is 19.6. The maximum Gasteiger partial charge on any atom is 0.258 e. The Morgan fingerprint density at radius 1 is 1.11 bits per heavy atom. The number of fused-ring (bicyclic) bond motifs is 1. The lowest BCUT2D eigenvalue weighted by Gasteiger charge is -2.08. The van der Waals surface area contributed by atoms with Crippen LogP contribution in [0.4, 0.5) is 10.1 Å². The van der Waals surface area contributed by atoms with Crippen molar-refractivity contribution in [1.29, 1.82) is 0 Å². The molecule has 0 spiro atoms. The zero-order valence-corrected chi connectivity index (χ0v) is 15.0. The SMILES string of the molecule is Cc1ccc2oc(-c3cc(NC(=O)c4ccccc4F)ccc3Cl)nc2c1. The first-order chi connectivity index (χ1) is 13.0. The third-order valence-corrected chi connectivity index (χ3v) is 4.45. The molecule has 0 atom stereocenters. The lowest BCUT2D eigenvalue weighted by atomic mass is 10.1. The van der Waals surface area contributed by atoms with Gasteiger partial charge in [-0.05, 0) is 55.0 Å². The number of aryl methyl sites for hydroxylation is 1. The summed E-state index contributed by atoms with van der Waals surface area (Å²) in [5.74, 6) is -0.782. The molecule has 4 rings (SSSR count). The predicted molar refractivity (Wildman–Crippen MR) is 104 cm³/mol. The van der Waals surface area contributed by atoms with Gasteiger partial charge < -0.3 is 9.73 Å². The summed E-state index contributed by atoms with van der Waals surface area (Å²) in [7, 11) is 0. The highest BCUT2D eigenvalue weighted by Crippen LogP contribution is 2.32. The molecule has 0 unspecified atom stereocenters. The lowest BCUT2D eigenvalue weighted by Crippen LogP contribution is -2.13. The van der Waals surface area contributed by atoms with Gasteiger partial charge in [0.05, 0.1) is 16.1 Å². The van der Waals surface area contributed by atoms with Crippen LogP contribution < -0.4 is 5.32 Å². The Labute approximate surface area is 159 Å². The van der Waals surface area contributed by atoms with Gasteiger partial charge >= 0.3 is 0 Å². The topological polar surface area (TPSA) is 55.1 Å². The second-order valence-corrected chi connectivity index (χ2v) is 6.53. The summed E-state index contributed by atoms with van der Waals surface area (Å²) in [6, 6.07) is 16.4. The average Bonchev–Trinajstić information content (AvgIpc) is 3.06. The fourth-order valence-corrected chi connectivity index (χ4v) is 2.96. The number of nitrogens with one attached hydrogen (secondary N) is 1. The van der Waals surface area contributed by atoms with E-state index in [9.17, 15) is 9.18 Å². The minimum atomic E-state index is -0.585. The number of aromatic nitrogens is 1. The Morgan fingerprint density at radius 2 is 1.93 bits per heavy atom. The Bertz CT molecular complexity index is 1170. The van der Waals surface area contributed by atoms with Crippen molar-refractivity contribution in [3.8, 4) is 11.5 Å². The van der Waals surface area contributed by atoms with Crippen molar-refractivity contribution < 1.29 is 13.6 Å². The Balaban J connectivity index is 1.68. The molecule has 0 saturated heterocycles. The number of rotatable bonds is 3. The fraction of sp³-hybridized carbons (Fsp3) is 0.0476. The molecule has 4 aromatic rings. The molecule has 1 aromatic heterocycles. The fourth-order valence-electron chi connectivity index (χ4n) is 2.76. The molecule has 0 radical (unpaired) electrons. The van der Waals surface area contributed by atoms with Crippen molar-refractivity contribution in [1.82, 2.24) is 4.98 Å². The van der Waals surface area contributed by atoms with Crippen molar-refractivity contribution in [2.45, 2.75) is 6.92 Å². The number of halogens is 2. The second-order valence-electron chi connectivity index (χ2n) is 6.12. The standard InChI is InChI=1S/C21H14ClFN2O2/c1-12-6-9-19-18(10-12)25-21(27-19)15-11-13(7-8-16(15)22)24-20(26)14-4-2-3-5-17(14)23/h2-11H,1H3,(H,24,26). The summed E-state index contributed by atoms with van der Waals surface area (Å²) in [6.07, 6.45) is 0. The highest BCUT2D eigenvalue weighted by atomic mass is 35.5. The Morgan fingerprint density at radius 3 is 2.74 bits per heavy atom. The molecule has 0 saturated carbocycles. The zero-order chi connectivity index (χ0) is 19.0. The van der Waals surface area contributed by atoms with Crippen molar-refractivity contribution in [3.05, 3.63) is 82.6 Å². The van der Waals surface area contributed by atoms with Gasteiger partial charge in [0.15, 0.2) is 5.58 Å². The summed E-state index contributed by atoms with van der Waals surface area (Å²) in [5, 5.41) is 3.10. The summed E-state index contributed by atoms with van der Waals surface area (Å²) in [4.78, 5) is 16.8. The van der Waals surface area contributed by atoms with Gasteiger partial charge in [0.25, 0.3) is 5.91 Å². The number of carbonyl (C=O) groups excluding carboxylic acids is 1. The quantitative estimate of drug-likeness (QED) is 0.485. The van der Waals surface area contributed by atoms with Gasteiger partial charge in [0, 0.05) is 5.69 Å². The molecule has 1 amide bonds. The normalized spacial score (nSPS) is 10.9. The first kappa shape index (κ1) is 17.2. The number of hydrogen-bond acceptors (Lipinski definition) is 3. The van der Waals surface area contributed by atoms with Gasteiger partial charge in [-0.25, -0.2) is 9.37 Å². The van der Waals surface area contributed by atoms with Gasteiger partial charge in [-0.1, -0.05) is 29.8 Å². The van der Waals surface area contributed by atoms with Gasteiger partial charge in [-0.15, -0.1) is 0 Å². The van der Waals surface area contributed by atoms with E-state index < -0.39 is 11.7 Å². The predicted octanol–water partition coefficient (Wildman–Crippen LogP) is 5.85. The van der Waals surface area contributed by atoms with E-state index in [0.717, 1.165) is 11.1 Å². The van der Waals surface area contributed by atoms with Crippen LogP contribution in [-0.4, -0.2) is 10.9 Å². The molecule has 134 valence electrons. The van der Waals surface area contributed by atoms with E-state index in [2.05, 4.69) is 10.3 Å². The zero-order valence-electron chi connectivity index (χ0n) is 14.3. The van der Waals surface area contributed by atoms with Crippen LogP contribution in [0.15, 0.2) is 65.1 Å². The van der Waals surface area contributed by atoms with Crippen LogP contribution in [0.25, 0.3) is 22.6 Å². The van der Waals surface area contributed by atoms with Crippen LogP contribution in [0.5, 0.6) is 0 Å². The monoisotopic (exact) mass is 380 g/mol. The number of hydrogen-bond donors (Lipinski definition) is 1. The second kappa shape index (κ2) is 6.85. The molecular formula is C21H14ClFN2O2. The number of benzene rings is 3. The molecule has 0 aliphatic carbocycles. The molecule has 1 N–H and O–H groups in total. The van der Waals surface area contributed by atoms with E-state index in [0.29, 0.717) is 27.7 Å². The molecule has 6 heteroatoms. The summed E-state index contributed by atoms with van der Waals surface area (Å²) >= 11 is 6.30. The van der Waals surface area contributed by atoms with Crippen molar-refractivity contribution >= 4 is 34.3 Å². The van der Waals surface area contributed by atoms with Crippen molar-refractivity contribution in [3.63, 3.8) is 0 Å². The van der Waals surface area contributed by atoms with Crippen molar-refractivity contribution in [2.24, 2.45) is 0 Å². The molecule has 0 bridgehead atoms. The molecular weight excluding hydrogens is 367 g/mol. The number of carbonyl (C=O) groups is 1. The smallest absolute Gasteiger partial charge is 0.258 e. The molecule has 4 nitrogen and oxygen atoms in total. The Hall–Kier alpha value is -3.18. The van der Waals surface area contributed by atoms with Crippen molar-refractivity contribution in [2.75, 3.05) is 5.32 Å². The van der Waals surface area contributed by atoms with Crippen LogP contribution in [-0.2, 0) is 0 Å². The van der Waals surface area contributed by atoms with Gasteiger partial charge in [-0.3, -0.25) is 4.79 Å². The van der Waals surface area contributed by atoms with Crippen LogP contribution in [0.3, 0.4) is 0 Å². The first-order valence-electron chi connectivity index (χ1n) is 8.24. The summed E-state index contributed by atoms with van der Waals surface area (Å²) in [6.45, 7) is 1.97. The minimum absolute atomic E-state index is 0.0358. The molecule has 0 aliphatic rings. The van der Waals surface area contributed by atoms with Crippen LogP contribution >= 0.6 is 11.6 Å². The Kier molecular flexibility index (Phi) is 4.38. The largest absolute Gasteiger partial charge is 0.436 e. The van der Waals surface area contributed by atoms with Gasteiger partial charge in [-0.2, -0.15) is 0 Å². The van der Waals surface area contributed by atoms with E-state index in [1.807, 2.05) is 25.1 Å². The van der Waals surface area contributed by atoms with Crippen LogP contribution in [0.2, 0.25) is 5.02 Å². The maximum atomic E-state index is 13.8. The number of nitrogens with zero attached hydrogens (tertiary/aromatic N) is 1.